The summed E-state index contributed by atoms with van der Waals surface area (Å²) in [5, 5.41) is 0. The maximum atomic E-state index is 13.0. The van der Waals surface area contributed by atoms with E-state index in [1.54, 1.807) is 24.3 Å². The van der Waals surface area contributed by atoms with Crippen molar-refractivity contribution >= 4 is 11.7 Å². The first-order chi connectivity index (χ1) is 14.1. The SMILES string of the molecule is CN1CCC(c2ccccc2)(c2ccccc2)[C@H](OC(=O)c2ccc(N)cc2)C1. The molecule has 4 rings (SSSR count). The number of hydrogen-bond acceptors (Lipinski definition) is 4. The zero-order valence-corrected chi connectivity index (χ0v) is 16.6. The lowest BCUT2D eigenvalue weighted by Gasteiger charge is -2.47. The van der Waals surface area contributed by atoms with Gasteiger partial charge >= 0.3 is 5.97 Å². The summed E-state index contributed by atoms with van der Waals surface area (Å²) in [4.78, 5) is 15.2. The predicted molar refractivity (Wildman–Crippen MR) is 116 cm³/mol. The summed E-state index contributed by atoms with van der Waals surface area (Å²) in [5.41, 5.74) is 8.87. The minimum atomic E-state index is -0.390. The van der Waals surface area contributed by atoms with E-state index in [4.69, 9.17) is 10.5 Å². The Kier molecular flexibility index (Phi) is 5.36. The van der Waals surface area contributed by atoms with E-state index < -0.39 is 5.41 Å². The van der Waals surface area contributed by atoms with Crippen LogP contribution in [0, 0.1) is 0 Å². The van der Waals surface area contributed by atoms with E-state index in [0.717, 1.165) is 13.0 Å². The fraction of sp³-hybridized carbons (Fsp3) is 0.240. The van der Waals surface area contributed by atoms with E-state index >= 15 is 0 Å². The maximum absolute atomic E-state index is 13.0. The first kappa shape index (κ1) is 19.2. The van der Waals surface area contributed by atoms with Crippen LogP contribution in [0.3, 0.4) is 0 Å². The van der Waals surface area contributed by atoms with Crippen LogP contribution in [-0.4, -0.2) is 37.1 Å². The van der Waals surface area contributed by atoms with Gasteiger partial charge in [-0.05, 0) is 55.4 Å². The molecule has 0 aromatic heterocycles. The molecule has 1 heterocycles. The molecule has 0 unspecified atom stereocenters. The molecule has 0 spiro atoms. The Bertz CT molecular complexity index is 916. The molecule has 1 atom stereocenters. The van der Waals surface area contributed by atoms with Crippen molar-refractivity contribution < 1.29 is 9.53 Å². The van der Waals surface area contributed by atoms with Crippen molar-refractivity contribution in [3.63, 3.8) is 0 Å². The van der Waals surface area contributed by atoms with Crippen LogP contribution in [0.25, 0.3) is 0 Å². The zero-order chi connectivity index (χ0) is 20.3. The summed E-state index contributed by atoms with van der Waals surface area (Å²) in [6, 6.07) is 27.7. The molecule has 2 N–H and O–H groups in total. The lowest BCUT2D eigenvalue weighted by molar-refractivity contribution is -0.0161. The minimum Gasteiger partial charge on any atom is -0.456 e. The van der Waals surface area contributed by atoms with Gasteiger partial charge in [-0.15, -0.1) is 0 Å². The number of piperidine rings is 1. The third kappa shape index (κ3) is 3.76. The van der Waals surface area contributed by atoms with Crippen LogP contribution in [0.2, 0.25) is 0 Å². The van der Waals surface area contributed by atoms with Crippen LogP contribution < -0.4 is 5.73 Å². The Morgan fingerprint density at radius 1 is 0.931 bits per heavy atom. The van der Waals surface area contributed by atoms with E-state index in [1.807, 2.05) is 12.1 Å². The Morgan fingerprint density at radius 2 is 1.48 bits per heavy atom. The van der Waals surface area contributed by atoms with Gasteiger partial charge in [0.2, 0.25) is 0 Å². The number of rotatable bonds is 4. The van der Waals surface area contributed by atoms with E-state index in [2.05, 4.69) is 60.5 Å². The molecule has 0 bridgehead atoms. The number of ether oxygens (including phenoxy) is 1. The molecule has 3 aromatic carbocycles. The first-order valence-corrected chi connectivity index (χ1v) is 9.96. The van der Waals surface area contributed by atoms with E-state index in [-0.39, 0.29) is 12.1 Å². The summed E-state index contributed by atoms with van der Waals surface area (Å²) < 4.78 is 6.19. The number of likely N-dealkylation sites (tertiary alicyclic amines) is 1. The van der Waals surface area contributed by atoms with Crippen LogP contribution in [0.1, 0.15) is 27.9 Å². The molecule has 0 aliphatic carbocycles. The predicted octanol–water partition coefficient (Wildman–Crippen LogP) is 4.12. The Labute approximate surface area is 171 Å². The second kappa shape index (κ2) is 8.10. The summed E-state index contributed by atoms with van der Waals surface area (Å²) in [7, 11) is 2.07. The second-order valence-corrected chi connectivity index (χ2v) is 7.73. The Hall–Kier alpha value is -3.11. The van der Waals surface area contributed by atoms with E-state index in [0.29, 0.717) is 17.8 Å². The molecule has 0 amide bonds. The number of carbonyl (C=O) groups is 1. The lowest BCUT2D eigenvalue weighted by atomic mass is 9.66. The largest absolute Gasteiger partial charge is 0.456 e. The molecule has 1 aliphatic heterocycles. The zero-order valence-electron chi connectivity index (χ0n) is 16.6. The topological polar surface area (TPSA) is 55.6 Å². The van der Waals surface area contributed by atoms with Gasteiger partial charge in [0.05, 0.1) is 11.0 Å². The van der Waals surface area contributed by atoms with Gasteiger partial charge < -0.3 is 15.4 Å². The monoisotopic (exact) mass is 386 g/mol. The second-order valence-electron chi connectivity index (χ2n) is 7.73. The summed E-state index contributed by atoms with van der Waals surface area (Å²) in [6.45, 7) is 1.60. The normalized spacial score (nSPS) is 18.9. The number of nitrogens with zero attached hydrogens (tertiary/aromatic N) is 1. The molecule has 0 radical (unpaired) electrons. The van der Waals surface area contributed by atoms with Crippen molar-refractivity contribution in [3.05, 3.63) is 102 Å². The third-order valence-electron chi connectivity index (χ3n) is 5.89. The summed E-state index contributed by atoms with van der Waals surface area (Å²) >= 11 is 0. The van der Waals surface area contributed by atoms with Gasteiger partial charge in [-0.3, -0.25) is 0 Å². The maximum Gasteiger partial charge on any atom is 0.338 e. The number of hydrogen-bond donors (Lipinski definition) is 1. The molecule has 1 fully saturated rings. The van der Waals surface area contributed by atoms with E-state index in [9.17, 15) is 4.79 Å². The molecule has 4 heteroatoms. The number of anilines is 1. The van der Waals surface area contributed by atoms with Crippen molar-refractivity contribution in [2.75, 3.05) is 25.9 Å². The number of nitrogens with two attached hydrogens (primary N) is 1. The van der Waals surface area contributed by atoms with Crippen LogP contribution in [0.5, 0.6) is 0 Å². The third-order valence-corrected chi connectivity index (χ3v) is 5.89. The quantitative estimate of drug-likeness (QED) is 0.541. The van der Waals surface area contributed by atoms with Crippen molar-refractivity contribution in [1.82, 2.24) is 4.90 Å². The highest BCUT2D eigenvalue weighted by atomic mass is 16.5. The van der Waals surface area contributed by atoms with Crippen LogP contribution in [-0.2, 0) is 10.2 Å². The van der Waals surface area contributed by atoms with Gasteiger partial charge in [-0.25, -0.2) is 4.79 Å². The molecular formula is C25H26N2O2. The standard InChI is InChI=1S/C25H26N2O2/c1-27-17-16-25(20-8-4-2-5-9-20,21-10-6-3-7-11-21)23(18-27)29-24(28)19-12-14-22(26)15-13-19/h2-15,23H,16-18,26H2,1H3/t23-/m1/s1. The van der Waals surface area contributed by atoms with Crippen molar-refractivity contribution in [1.29, 1.82) is 0 Å². The molecule has 3 aromatic rings. The van der Waals surface area contributed by atoms with Crippen LogP contribution in [0.15, 0.2) is 84.9 Å². The molecule has 0 saturated carbocycles. The number of likely N-dealkylation sites (N-methyl/N-ethyl adjacent to an activating group) is 1. The van der Waals surface area contributed by atoms with Crippen molar-refractivity contribution in [2.45, 2.75) is 17.9 Å². The number of benzene rings is 3. The number of nitrogen functional groups attached to an aromatic ring is 1. The average molecular weight is 386 g/mol. The highest BCUT2D eigenvalue weighted by Crippen LogP contribution is 2.43. The van der Waals surface area contributed by atoms with Crippen LogP contribution in [0.4, 0.5) is 5.69 Å². The molecule has 29 heavy (non-hydrogen) atoms. The fourth-order valence-electron chi connectivity index (χ4n) is 4.31. The average Bonchev–Trinajstić information content (AvgIpc) is 2.76. The van der Waals surface area contributed by atoms with Gasteiger partial charge in [-0.1, -0.05) is 60.7 Å². The molecular weight excluding hydrogens is 360 g/mol. The molecule has 148 valence electrons. The van der Waals surface area contributed by atoms with Gasteiger partial charge in [0, 0.05) is 12.2 Å². The Morgan fingerprint density at radius 3 is 2.03 bits per heavy atom. The van der Waals surface area contributed by atoms with Gasteiger partial charge in [-0.2, -0.15) is 0 Å². The Balaban J connectivity index is 1.77. The summed E-state index contributed by atoms with van der Waals surface area (Å²) in [5.74, 6) is -0.318. The highest BCUT2D eigenvalue weighted by Gasteiger charge is 2.47. The van der Waals surface area contributed by atoms with Gasteiger partial charge in [0.15, 0.2) is 0 Å². The van der Waals surface area contributed by atoms with Crippen molar-refractivity contribution in [2.24, 2.45) is 0 Å². The molecule has 1 aliphatic rings. The van der Waals surface area contributed by atoms with Gasteiger partial charge in [0.25, 0.3) is 0 Å². The van der Waals surface area contributed by atoms with Gasteiger partial charge in [0.1, 0.15) is 6.10 Å². The van der Waals surface area contributed by atoms with Crippen molar-refractivity contribution in [3.8, 4) is 0 Å². The minimum absolute atomic E-state index is 0.309. The lowest BCUT2D eigenvalue weighted by Crippen LogP contribution is -2.54. The molecule has 1 saturated heterocycles. The first-order valence-electron chi connectivity index (χ1n) is 9.96. The fourth-order valence-corrected chi connectivity index (χ4v) is 4.31. The van der Waals surface area contributed by atoms with Crippen LogP contribution >= 0.6 is 0 Å². The number of carbonyl (C=O) groups excluding carboxylic acids is 1. The summed E-state index contributed by atoms with van der Waals surface area (Å²) in [6.07, 6.45) is 0.563. The highest BCUT2D eigenvalue weighted by molar-refractivity contribution is 5.90. The smallest absolute Gasteiger partial charge is 0.338 e. The number of esters is 1. The molecule has 4 nitrogen and oxygen atoms in total. The van der Waals surface area contributed by atoms with E-state index in [1.165, 1.54) is 11.1 Å².